The minimum atomic E-state index is -4.53. The van der Waals surface area contributed by atoms with E-state index >= 15 is 0 Å². The average Bonchev–Trinajstić information content (AvgIpc) is 2.61. The molecule has 0 N–H and O–H groups in total. The molecule has 0 fully saturated rings. The number of halogens is 3. The van der Waals surface area contributed by atoms with Gasteiger partial charge in [0.15, 0.2) is 5.16 Å². The minimum Gasteiger partial charge on any atom is -0.457 e. The van der Waals surface area contributed by atoms with Crippen molar-refractivity contribution in [3.05, 3.63) is 66.4 Å². The van der Waals surface area contributed by atoms with Gasteiger partial charge in [-0.3, -0.25) is 0 Å². The van der Waals surface area contributed by atoms with Crippen molar-refractivity contribution in [2.75, 3.05) is 6.26 Å². The van der Waals surface area contributed by atoms with Gasteiger partial charge in [-0.2, -0.15) is 13.2 Å². The zero-order valence-corrected chi connectivity index (χ0v) is 13.9. The van der Waals surface area contributed by atoms with Gasteiger partial charge in [-0.15, -0.1) is 0 Å². The fourth-order valence-corrected chi connectivity index (χ4v) is 2.53. The predicted octanol–water partition coefficient (Wildman–Crippen LogP) is 5.68. The highest BCUT2D eigenvalue weighted by Crippen LogP contribution is 2.33. The smallest absolute Gasteiger partial charge is 0.433 e. The van der Waals surface area contributed by atoms with Gasteiger partial charge < -0.3 is 4.74 Å². The number of para-hydroxylation sites is 1. The standard InChI is InChI=1S/C18H13F3N2OS/c1-25-17-22-15(11-16(23-17)18(19,20)21)12-6-5-9-14(10-12)24-13-7-3-2-4-8-13/h2-11H,1H3. The molecule has 2 aromatic carbocycles. The Balaban J connectivity index is 1.98. The number of rotatable bonds is 4. The van der Waals surface area contributed by atoms with Gasteiger partial charge in [-0.25, -0.2) is 9.97 Å². The van der Waals surface area contributed by atoms with Crippen LogP contribution in [-0.2, 0) is 6.18 Å². The lowest BCUT2D eigenvalue weighted by atomic mass is 10.1. The summed E-state index contributed by atoms with van der Waals surface area (Å²) in [5.41, 5.74) is -0.238. The van der Waals surface area contributed by atoms with Crippen LogP contribution in [0, 0.1) is 0 Å². The third kappa shape index (κ3) is 4.30. The van der Waals surface area contributed by atoms with Gasteiger partial charge in [0.25, 0.3) is 0 Å². The van der Waals surface area contributed by atoms with Crippen LogP contribution in [0.2, 0.25) is 0 Å². The first-order valence-electron chi connectivity index (χ1n) is 7.29. The van der Waals surface area contributed by atoms with Crippen LogP contribution in [0.5, 0.6) is 11.5 Å². The molecular weight excluding hydrogens is 349 g/mol. The average molecular weight is 362 g/mol. The number of benzene rings is 2. The van der Waals surface area contributed by atoms with Crippen molar-refractivity contribution in [3.8, 4) is 22.8 Å². The molecule has 0 unspecified atom stereocenters. The Morgan fingerprint density at radius 3 is 2.28 bits per heavy atom. The molecule has 3 rings (SSSR count). The Kier molecular flexibility index (Phi) is 4.94. The highest BCUT2D eigenvalue weighted by molar-refractivity contribution is 7.98. The Morgan fingerprint density at radius 2 is 1.60 bits per heavy atom. The van der Waals surface area contributed by atoms with Crippen molar-refractivity contribution in [2.45, 2.75) is 11.3 Å². The molecule has 0 amide bonds. The molecule has 128 valence electrons. The molecule has 0 radical (unpaired) electrons. The lowest BCUT2D eigenvalue weighted by molar-refractivity contribution is -0.141. The number of hydrogen-bond donors (Lipinski definition) is 0. The van der Waals surface area contributed by atoms with E-state index in [0.717, 1.165) is 17.8 Å². The van der Waals surface area contributed by atoms with E-state index in [1.54, 1.807) is 42.7 Å². The number of nitrogens with zero attached hydrogens (tertiary/aromatic N) is 2. The molecule has 0 saturated heterocycles. The van der Waals surface area contributed by atoms with Crippen molar-refractivity contribution in [1.82, 2.24) is 9.97 Å². The number of thioether (sulfide) groups is 1. The van der Waals surface area contributed by atoms with Crippen LogP contribution >= 0.6 is 11.8 Å². The molecule has 1 heterocycles. The molecule has 7 heteroatoms. The van der Waals surface area contributed by atoms with Crippen molar-refractivity contribution in [3.63, 3.8) is 0 Å². The molecule has 0 spiro atoms. The second kappa shape index (κ2) is 7.14. The summed E-state index contributed by atoms with van der Waals surface area (Å²) >= 11 is 1.06. The van der Waals surface area contributed by atoms with Gasteiger partial charge in [-0.05, 0) is 36.6 Å². The quantitative estimate of drug-likeness (QED) is 0.442. The fraction of sp³-hybridized carbons (Fsp3) is 0.111. The molecular formula is C18H13F3N2OS. The summed E-state index contributed by atoms with van der Waals surface area (Å²) in [4.78, 5) is 7.71. The highest BCUT2D eigenvalue weighted by atomic mass is 32.2. The van der Waals surface area contributed by atoms with Crippen LogP contribution in [0.1, 0.15) is 5.69 Å². The number of alkyl halides is 3. The second-order valence-electron chi connectivity index (χ2n) is 5.07. The normalized spacial score (nSPS) is 11.4. The molecule has 0 atom stereocenters. The van der Waals surface area contributed by atoms with E-state index in [2.05, 4.69) is 9.97 Å². The third-order valence-electron chi connectivity index (χ3n) is 3.29. The summed E-state index contributed by atoms with van der Waals surface area (Å²) in [6.45, 7) is 0. The first-order valence-corrected chi connectivity index (χ1v) is 8.52. The van der Waals surface area contributed by atoms with Crippen LogP contribution in [0.25, 0.3) is 11.3 Å². The van der Waals surface area contributed by atoms with Crippen LogP contribution in [-0.4, -0.2) is 16.2 Å². The summed E-state index contributed by atoms with van der Waals surface area (Å²) in [6.07, 6.45) is -2.89. The topological polar surface area (TPSA) is 35.0 Å². The molecule has 0 aliphatic carbocycles. The van der Waals surface area contributed by atoms with E-state index in [1.807, 2.05) is 18.2 Å². The number of hydrogen-bond acceptors (Lipinski definition) is 4. The van der Waals surface area contributed by atoms with E-state index in [9.17, 15) is 13.2 Å². The van der Waals surface area contributed by atoms with Crippen molar-refractivity contribution < 1.29 is 17.9 Å². The molecule has 0 bridgehead atoms. The summed E-state index contributed by atoms with van der Waals surface area (Å²) in [7, 11) is 0. The van der Waals surface area contributed by atoms with Crippen LogP contribution in [0.15, 0.2) is 65.8 Å². The maximum Gasteiger partial charge on any atom is 0.433 e. The van der Waals surface area contributed by atoms with Crippen LogP contribution < -0.4 is 4.74 Å². The monoisotopic (exact) mass is 362 g/mol. The number of aromatic nitrogens is 2. The highest BCUT2D eigenvalue weighted by Gasteiger charge is 2.33. The lowest BCUT2D eigenvalue weighted by Crippen LogP contribution is -2.10. The zero-order valence-electron chi connectivity index (χ0n) is 13.1. The van der Waals surface area contributed by atoms with E-state index in [0.29, 0.717) is 17.1 Å². The molecule has 0 aliphatic heterocycles. The molecule has 0 saturated carbocycles. The van der Waals surface area contributed by atoms with Gasteiger partial charge >= 0.3 is 6.18 Å². The van der Waals surface area contributed by atoms with Crippen LogP contribution in [0.3, 0.4) is 0 Å². The lowest BCUT2D eigenvalue weighted by Gasteiger charge is -2.11. The summed E-state index contributed by atoms with van der Waals surface area (Å²) < 4.78 is 44.9. The molecule has 3 aromatic rings. The Hall–Kier alpha value is -2.54. The van der Waals surface area contributed by atoms with Crippen molar-refractivity contribution in [2.24, 2.45) is 0 Å². The maximum atomic E-state index is 13.0. The third-order valence-corrected chi connectivity index (χ3v) is 3.84. The van der Waals surface area contributed by atoms with E-state index < -0.39 is 11.9 Å². The molecule has 0 aliphatic rings. The van der Waals surface area contributed by atoms with Crippen molar-refractivity contribution >= 4 is 11.8 Å². The van der Waals surface area contributed by atoms with Gasteiger partial charge in [-0.1, -0.05) is 42.1 Å². The second-order valence-corrected chi connectivity index (χ2v) is 5.84. The Morgan fingerprint density at radius 1 is 0.880 bits per heavy atom. The fourth-order valence-electron chi connectivity index (χ4n) is 2.15. The minimum absolute atomic E-state index is 0.0687. The van der Waals surface area contributed by atoms with E-state index in [1.165, 1.54) is 0 Å². The molecule has 25 heavy (non-hydrogen) atoms. The van der Waals surface area contributed by atoms with E-state index in [4.69, 9.17) is 4.74 Å². The van der Waals surface area contributed by atoms with E-state index in [-0.39, 0.29) is 10.9 Å². The van der Waals surface area contributed by atoms with Gasteiger partial charge in [0, 0.05) is 5.56 Å². The van der Waals surface area contributed by atoms with Gasteiger partial charge in [0.1, 0.15) is 17.2 Å². The summed E-state index contributed by atoms with van der Waals surface area (Å²) in [5, 5.41) is 0.0687. The maximum absolute atomic E-state index is 13.0. The van der Waals surface area contributed by atoms with Gasteiger partial charge in [0.05, 0.1) is 5.69 Å². The molecule has 1 aromatic heterocycles. The van der Waals surface area contributed by atoms with Crippen molar-refractivity contribution in [1.29, 1.82) is 0 Å². The predicted molar refractivity (Wildman–Crippen MR) is 90.8 cm³/mol. The largest absolute Gasteiger partial charge is 0.457 e. The van der Waals surface area contributed by atoms with Crippen LogP contribution in [0.4, 0.5) is 13.2 Å². The first kappa shape index (κ1) is 17.3. The van der Waals surface area contributed by atoms with Gasteiger partial charge in [0.2, 0.25) is 0 Å². The SMILES string of the molecule is CSc1nc(-c2cccc(Oc3ccccc3)c2)cc(C(F)(F)F)n1. The summed E-state index contributed by atoms with van der Waals surface area (Å²) in [6, 6.07) is 16.9. The Bertz CT molecular complexity index is 870. The zero-order chi connectivity index (χ0) is 17.9. The first-order chi connectivity index (χ1) is 12.0. The number of ether oxygens (including phenoxy) is 1. The molecule has 3 nitrogen and oxygen atoms in total. The summed E-state index contributed by atoms with van der Waals surface area (Å²) in [5.74, 6) is 1.16. The Labute approximate surface area is 146 Å².